The summed E-state index contributed by atoms with van der Waals surface area (Å²) in [5.41, 5.74) is 2.88. The van der Waals surface area contributed by atoms with Gasteiger partial charge in [-0.25, -0.2) is 23.2 Å². The van der Waals surface area contributed by atoms with Gasteiger partial charge in [-0.15, -0.1) is 4.36 Å². The molecule has 5 rings (SSSR count). The van der Waals surface area contributed by atoms with Crippen molar-refractivity contribution in [3.63, 3.8) is 0 Å². The van der Waals surface area contributed by atoms with Crippen LogP contribution in [0.25, 0.3) is 0 Å². The van der Waals surface area contributed by atoms with Crippen molar-refractivity contribution in [2.75, 3.05) is 11.9 Å². The van der Waals surface area contributed by atoms with E-state index in [2.05, 4.69) is 14.8 Å². The second-order valence-electron chi connectivity index (χ2n) is 7.74. The molecule has 3 aliphatic rings. The van der Waals surface area contributed by atoms with Crippen molar-refractivity contribution in [1.82, 2.24) is 9.78 Å². The van der Waals surface area contributed by atoms with E-state index in [0.29, 0.717) is 43.1 Å². The summed E-state index contributed by atoms with van der Waals surface area (Å²) in [6, 6.07) is 0.718. The largest absolute Gasteiger partial charge is 0.477 e. The van der Waals surface area contributed by atoms with Crippen LogP contribution in [0.4, 0.5) is 14.9 Å². The molecule has 1 saturated carbocycles. The first-order chi connectivity index (χ1) is 13.9. The normalized spacial score (nSPS) is 19.7. The topological polar surface area (TPSA) is 112 Å². The van der Waals surface area contributed by atoms with Gasteiger partial charge in [-0.2, -0.15) is 5.10 Å². The van der Waals surface area contributed by atoms with Gasteiger partial charge in [0.05, 0.1) is 12.8 Å². The first-order valence-corrected chi connectivity index (χ1v) is 11.4. The predicted molar refractivity (Wildman–Crippen MR) is 105 cm³/mol. The van der Waals surface area contributed by atoms with Crippen LogP contribution in [0.15, 0.2) is 21.5 Å². The summed E-state index contributed by atoms with van der Waals surface area (Å²) in [5.74, 6) is 0.325. The van der Waals surface area contributed by atoms with Crippen LogP contribution in [0, 0.1) is 5.82 Å². The lowest BCUT2D eigenvalue weighted by atomic mass is 9.99. The second kappa shape index (κ2) is 6.81. The monoisotopic (exact) mass is 419 g/mol. The van der Waals surface area contributed by atoms with Crippen molar-refractivity contribution in [3.8, 4) is 5.88 Å². The molecule has 1 unspecified atom stereocenters. The first-order valence-electron chi connectivity index (χ1n) is 9.82. The van der Waals surface area contributed by atoms with Crippen molar-refractivity contribution in [3.05, 3.63) is 34.8 Å². The van der Waals surface area contributed by atoms with Gasteiger partial charge < -0.3 is 10.1 Å². The Bertz CT molecular complexity index is 1130. The highest BCUT2D eigenvalue weighted by molar-refractivity contribution is 7.91. The number of hydrogen-bond acceptors (Lipinski definition) is 4. The van der Waals surface area contributed by atoms with E-state index in [1.165, 1.54) is 12.3 Å². The fourth-order valence-corrected chi connectivity index (χ4v) is 5.17. The zero-order valence-electron chi connectivity index (χ0n) is 15.8. The van der Waals surface area contributed by atoms with Gasteiger partial charge in [0.2, 0.25) is 5.88 Å². The average molecular weight is 419 g/mol. The Hall–Kier alpha value is -2.46. The summed E-state index contributed by atoms with van der Waals surface area (Å²) in [7, 11) is -3.54. The van der Waals surface area contributed by atoms with Crippen molar-refractivity contribution in [2.24, 2.45) is 9.50 Å². The highest BCUT2D eigenvalue weighted by atomic mass is 32.2. The number of nitrogens with two attached hydrogens (primary N) is 1. The lowest BCUT2D eigenvalue weighted by Gasteiger charge is -2.17. The number of carbonyl (C=O) groups is 1. The lowest BCUT2D eigenvalue weighted by molar-refractivity contribution is 0.224. The number of nitrogens with zero attached hydrogens (tertiary/aromatic N) is 3. The van der Waals surface area contributed by atoms with Crippen LogP contribution >= 0.6 is 0 Å². The predicted octanol–water partition coefficient (Wildman–Crippen LogP) is 3.10. The number of aryl methyl sites for hydroxylation is 1. The highest BCUT2D eigenvalue weighted by Gasteiger charge is 2.32. The second-order valence-corrected chi connectivity index (χ2v) is 9.50. The molecule has 2 aliphatic carbocycles. The summed E-state index contributed by atoms with van der Waals surface area (Å²) in [5, 5.41) is 12.8. The van der Waals surface area contributed by atoms with Crippen molar-refractivity contribution >= 4 is 21.6 Å². The van der Waals surface area contributed by atoms with Gasteiger partial charge >= 0.3 is 6.03 Å². The SMILES string of the molecule is NS(=O)(=NC(=O)Nc1c(C2CC2)cc(F)c2c1CCC2)c1cnn2c1OCCC2. The maximum Gasteiger partial charge on any atom is 0.354 e. The summed E-state index contributed by atoms with van der Waals surface area (Å²) < 4.78 is 38.3. The Labute approximate surface area is 167 Å². The zero-order chi connectivity index (χ0) is 20.2. The van der Waals surface area contributed by atoms with E-state index < -0.39 is 15.9 Å². The molecule has 10 heteroatoms. The Morgan fingerprint density at radius 2 is 2.14 bits per heavy atom. The molecule has 0 spiro atoms. The number of halogens is 1. The standard InChI is InChI=1S/C19H22FN5O3S/c20-15-9-14(11-5-6-11)17(13-4-1-3-12(13)15)23-19(26)24-29(21,27)16-10-22-25-7-2-8-28-18(16)25/h9-11H,1-8H2,(H3,21,23,24,26,27). The molecule has 0 radical (unpaired) electrons. The molecule has 1 fully saturated rings. The molecule has 3 N–H and O–H groups in total. The van der Waals surface area contributed by atoms with Gasteiger partial charge in [0.1, 0.15) is 10.7 Å². The number of hydrogen-bond donors (Lipinski definition) is 2. The third kappa shape index (κ3) is 3.29. The minimum Gasteiger partial charge on any atom is -0.477 e. The smallest absolute Gasteiger partial charge is 0.354 e. The summed E-state index contributed by atoms with van der Waals surface area (Å²) in [4.78, 5) is 12.8. The molecule has 8 nitrogen and oxygen atoms in total. The molecule has 0 bridgehead atoms. The van der Waals surface area contributed by atoms with Crippen molar-refractivity contribution in [1.29, 1.82) is 0 Å². The van der Waals surface area contributed by atoms with Crippen LogP contribution in [-0.4, -0.2) is 26.6 Å². The van der Waals surface area contributed by atoms with E-state index in [4.69, 9.17) is 9.88 Å². The van der Waals surface area contributed by atoms with Gasteiger partial charge in [0.15, 0.2) is 9.92 Å². The van der Waals surface area contributed by atoms with E-state index in [0.717, 1.165) is 36.8 Å². The lowest BCUT2D eigenvalue weighted by Crippen LogP contribution is -2.21. The maximum absolute atomic E-state index is 14.4. The van der Waals surface area contributed by atoms with Crippen LogP contribution in [0.1, 0.15) is 48.3 Å². The molecule has 1 aliphatic heterocycles. The molecular weight excluding hydrogens is 397 g/mol. The van der Waals surface area contributed by atoms with Crippen LogP contribution in [-0.2, 0) is 29.3 Å². The fourth-order valence-electron chi connectivity index (χ4n) is 4.16. The third-order valence-electron chi connectivity index (χ3n) is 5.67. The Morgan fingerprint density at radius 3 is 2.93 bits per heavy atom. The molecule has 2 amide bonds. The number of ether oxygens (including phenoxy) is 1. The molecule has 0 saturated heterocycles. The zero-order valence-corrected chi connectivity index (χ0v) is 16.6. The quantitative estimate of drug-likeness (QED) is 0.796. The van der Waals surface area contributed by atoms with E-state index in [-0.39, 0.29) is 16.6 Å². The number of benzene rings is 1. The van der Waals surface area contributed by atoms with Crippen LogP contribution in [0.5, 0.6) is 5.88 Å². The van der Waals surface area contributed by atoms with Crippen molar-refractivity contribution < 1.29 is 18.1 Å². The van der Waals surface area contributed by atoms with Gasteiger partial charge in [-0.3, -0.25) is 0 Å². The van der Waals surface area contributed by atoms with Crippen LogP contribution < -0.4 is 15.2 Å². The molecule has 1 aromatic heterocycles. The number of amides is 2. The van der Waals surface area contributed by atoms with Crippen LogP contribution in [0.3, 0.4) is 0 Å². The molecular formula is C19H22FN5O3S. The van der Waals surface area contributed by atoms with Gasteiger partial charge in [0.25, 0.3) is 0 Å². The molecule has 1 aromatic carbocycles. The number of rotatable bonds is 3. The van der Waals surface area contributed by atoms with Gasteiger partial charge in [-0.1, -0.05) is 0 Å². The first kappa shape index (κ1) is 18.6. The molecule has 2 heterocycles. The molecule has 154 valence electrons. The minimum atomic E-state index is -3.54. The molecule has 29 heavy (non-hydrogen) atoms. The molecule has 1 atom stereocenters. The van der Waals surface area contributed by atoms with Crippen LogP contribution in [0.2, 0.25) is 0 Å². The van der Waals surface area contributed by atoms with E-state index in [9.17, 15) is 13.4 Å². The number of urea groups is 1. The molecule has 2 aromatic rings. The fraction of sp³-hybridized carbons (Fsp3) is 0.474. The maximum atomic E-state index is 14.4. The van der Waals surface area contributed by atoms with E-state index in [1.54, 1.807) is 4.68 Å². The summed E-state index contributed by atoms with van der Waals surface area (Å²) >= 11 is 0. The average Bonchev–Trinajstić information content (AvgIpc) is 3.23. The number of fused-ring (bicyclic) bond motifs is 2. The number of nitrogens with one attached hydrogen (secondary N) is 1. The van der Waals surface area contributed by atoms with Crippen molar-refractivity contribution in [2.45, 2.75) is 55.9 Å². The van der Waals surface area contributed by atoms with E-state index in [1.807, 2.05) is 0 Å². The summed E-state index contributed by atoms with van der Waals surface area (Å²) in [6.45, 7) is 1.09. The summed E-state index contributed by atoms with van der Waals surface area (Å²) in [6.07, 6.45) is 6.25. The minimum absolute atomic E-state index is 0.110. The Kier molecular flexibility index (Phi) is 4.36. The Balaban J connectivity index is 1.49. The number of aromatic nitrogens is 2. The van der Waals surface area contributed by atoms with E-state index >= 15 is 0 Å². The third-order valence-corrected chi connectivity index (χ3v) is 7.02. The number of carbonyl (C=O) groups excluding carboxylic acids is 1. The Morgan fingerprint density at radius 1 is 1.34 bits per heavy atom. The van der Waals surface area contributed by atoms with Gasteiger partial charge in [0, 0.05) is 18.7 Å². The number of anilines is 1. The highest BCUT2D eigenvalue weighted by Crippen LogP contribution is 2.47. The van der Waals surface area contributed by atoms with Gasteiger partial charge in [-0.05, 0) is 60.8 Å².